The van der Waals surface area contributed by atoms with Gasteiger partial charge in [-0.15, -0.1) is 0 Å². The van der Waals surface area contributed by atoms with Gasteiger partial charge in [-0.3, -0.25) is 9.59 Å². The Morgan fingerprint density at radius 1 is 0.879 bits per heavy atom. The van der Waals surface area contributed by atoms with E-state index in [4.69, 9.17) is 16.3 Å². The van der Waals surface area contributed by atoms with E-state index in [9.17, 15) is 18.4 Å². The summed E-state index contributed by atoms with van der Waals surface area (Å²) in [7, 11) is 0. The maximum absolute atomic E-state index is 13.8. The van der Waals surface area contributed by atoms with Crippen LogP contribution >= 0.6 is 11.6 Å². The second kappa shape index (κ2) is 9.03. The summed E-state index contributed by atoms with van der Waals surface area (Å²) in [4.78, 5) is 27.4. The van der Waals surface area contributed by atoms with E-state index >= 15 is 0 Å². The summed E-state index contributed by atoms with van der Waals surface area (Å²) >= 11 is 5.97. The lowest BCUT2D eigenvalue weighted by Gasteiger charge is -2.16. The first-order chi connectivity index (χ1) is 15.7. The molecular weight excluding hydrogens is 450 g/mol. The van der Waals surface area contributed by atoms with Gasteiger partial charge in [0.1, 0.15) is 11.4 Å². The average molecular weight is 469 g/mol. The lowest BCUT2D eigenvalue weighted by molar-refractivity contribution is -0.120. The number of hydrogen-bond donors (Lipinski definition) is 1. The smallest absolute Gasteiger partial charge is 0.282 e. The molecule has 3 aromatic rings. The van der Waals surface area contributed by atoms with Crippen LogP contribution in [-0.2, 0) is 9.59 Å². The number of nitrogens with zero attached hydrogens (tertiary/aromatic N) is 1. The summed E-state index contributed by atoms with van der Waals surface area (Å²) in [5, 5.41) is 3.46. The predicted molar refractivity (Wildman–Crippen MR) is 123 cm³/mol. The first-order valence-corrected chi connectivity index (χ1v) is 10.5. The molecule has 1 heterocycles. The minimum atomic E-state index is -1.16. The molecule has 8 heteroatoms. The fourth-order valence-electron chi connectivity index (χ4n) is 3.42. The van der Waals surface area contributed by atoms with Gasteiger partial charge in [0, 0.05) is 16.8 Å². The molecular formula is C25H19ClF2N2O3. The van der Waals surface area contributed by atoms with E-state index in [1.807, 2.05) is 13.8 Å². The summed E-state index contributed by atoms with van der Waals surface area (Å²) in [6, 6.07) is 16.2. The largest absolute Gasteiger partial charge is 0.491 e. The Morgan fingerprint density at radius 2 is 1.55 bits per heavy atom. The molecule has 1 aliphatic rings. The van der Waals surface area contributed by atoms with Gasteiger partial charge in [0.05, 0.1) is 17.4 Å². The van der Waals surface area contributed by atoms with Crippen LogP contribution in [0.3, 0.4) is 0 Å². The Balaban J connectivity index is 1.75. The Bertz CT molecular complexity index is 1260. The lowest BCUT2D eigenvalue weighted by Crippen LogP contribution is -2.32. The van der Waals surface area contributed by atoms with Crippen molar-refractivity contribution in [2.75, 3.05) is 10.2 Å². The van der Waals surface area contributed by atoms with E-state index in [0.717, 1.165) is 17.0 Å². The zero-order valence-corrected chi connectivity index (χ0v) is 18.5. The number of nitrogens with one attached hydrogen (secondary N) is 1. The van der Waals surface area contributed by atoms with Crippen LogP contribution in [-0.4, -0.2) is 17.9 Å². The lowest BCUT2D eigenvalue weighted by atomic mass is 10.0. The van der Waals surface area contributed by atoms with Crippen LogP contribution in [0.1, 0.15) is 19.4 Å². The van der Waals surface area contributed by atoms with Crippen LogP contribution in [0.4, 0.5) is 20.2 Å². The van der Waals surface area contributed by atoms with Crippen molar-refractivity contribution < 1.29 is 23.1 Å². The van der Waals surface area contributed by atoms with E-state index in [-0.39, 0.29) is 23.1 Å². The van der Waals surface area contributed by atoms with Gasteiger partial charge in [0.15, 0.2) is 11.6 Å². The molecule has 0 bridgehead atoms. The highest BCUT2D eigenvalue weighted by Crippen LogP contribution is 2.35. The zero-order valence-electron chi connectivity index (χ0n) is 17.7. The van der Waals surface area contributed by atoms with E-state index in [2.05, 4.69) is 5.32 Å². The van der Waals surface area contributed by atoms with Crippen molar-refractivity contribution in [1.29, 1.82) is 0 Å². The fraction of sp³-hybridized carbons (Fsp3) is 0.120. The molecule has 0 unspecified atom stereocenters. The van der Waals surface area contributed by atoms with Crippen molar-refractivity contribution in [3.63, 3.8) is 0 Å². The molecule has 0 saturated heterocycles. The van der Waals surface area contributed by atoms with Gasteiger partial charge in [-0.1, -0.05) is 23.7 Å². The minimum Gasteiger partial charge on any atom is -0.491 e. The third kappa shape index (κ3) is 4.59. The topological polar surface area (TPSA) is 58.6 Å². The molecule has 1 aliphatic heterocycles. The summed E-state index contributed by atoms with van der Waals surface area (Å²) < 4.78 is 32.9. The monoisotopic (exact) mass is 468 g/mol. The Hall–Kier alpha value is -3.71. The third-order valence-corrected chi connectivity index (χ3v) is 5.13. The molecule has 0 radical (unpaired) electrons. The summed E-state index contributed by atoms with van der Waals surface area (Å²) in [6.45, 7) is 3.82. The van der Waals surface area contributed by atoms with Gasteiger partial charge in [0.2, 0.25) is 0 Å². The molecule has 0 fully saturated rings. The zero-order chi connectivity index (χ0) is 23.7. The van der Waals surface area contributed by atoms with Crippen LogP contribution in [0, 0.1) is 11.6 Å². The molecule has 3 aromatic carbocycles. The Morgan fingerprint density at radius 3 is 2.15 bits per heavy atom. The number of anilines is 2. The van der Waals surface area contributed by atoms with Crippen molar-refractivity contribution in [3.05, 3.63) is 94.6 Å². The van der Waals surface area contributed by atoms with E-state index in [0.29, 0.717) is 22.0 Å². The van der Waals surface area contributed by atoms with Gasteiger partial charge in [0.25, 0.3) is 11.8 Å². The molecule has 0 spiro atoms. The van der Waals surface area contributed by atoms with Crippen LogP contribution < -0.4 is 15.0 Å². The van der Waals surface area contributed by atoms with Crippen molar-refractivity contribution in [2.45, 2.75) is 20.0 Å². The van der Waals surface area contributed by atoms with Gasteiger partial charge in [-0.2, -0.15) is 0 Å². The second-order valence-corrected chi connectivity index (χ2v) is 8.05. The number of carbonyl (C=O) groups excluding carboxylic acids is 2. The average Bonchev–Trinajstić information content (AvgIpc) is 3.01. The normalized spacial score (nSPS) is 13.8. The SMILES string of the molecule is CC(C)Oc1ccc(NC2=C(c3ccc(Cl)cc3)C(=O)N(c3ccc(F)c(F)c3)C2=O)cc1. The number of rotatable bonds is 6. The van der Waals surface area contributed by atoms with Crippen molar-refractivity contribution in [1.82, 2.24) is 0 Å². The quantitative estimate of drug-likeness (QED) is 0.464. The summed E-state index contributed by atoms with van der Waals surface area (Å²) in [5.41, 5.74) is 1.01. The molecule has 0 aromatic heterocycles. The number of benzene rings is 3. The molecule has 0 saturated carbocycles. The number of carbonyl (C=O) groups is 2. The molecule has 168 valence electrons. The predicted octanol–water partition coefficient (Wildman–Crippen LogP) is 5.80. The fourth-order valence-corrected chi connectivity index (χ4v) is 3.55. The molecule has 1 N–H and O–H groups in total. The number of imide groups is 1. The highest BCUT2D eigenvalue weighted by atomic mass is 35.5. The first-order valence-electron chi connectivity index (χ1n) is 10.1. The number of hydrogen-bond acceptors (Lipinski definition) is 4. The van der Waals surface area contributed by atoms with Crippen LogP contribution in [0.5, 0.6) is 5.75 Å². The van der Waals surface area contributed by atoms with Crippen molar-refractivity contribution in [3.8, 4) is 5.75 Å². The number of amides is 2. The van der Waals surface area contributed by atoms with Crippen LogP contribution in [0.15, 0.2) is 72.4 Å². The first kappa shape index (κ1) is 22.5. The molecule has 2 amide bonds. The Labute approximate surface area is 194 Å². The van der Waals surface area contributed by atoms with Crippen LogP contribution in [0.2, 0.25) is 5.02 Å². The standard InChI is InChI=1S/C25H19ClF2N2O3/c1-14(2)33-19-10-7-17(8-11-19)29-23-22(15-3-5-16(26)6-4-15)24(31)30(25(23)32)18-9-12-20(27)21(28)13-18/h3-14,29H,1-2H3. The van der Waals surface area contributed by atoms with Crippen molar-refractivity contribution >= 4 is 40.4 Å². The number of halogens is 3. The van der Waals surface area contributed by atoms with E-state index in [1.54, 1.807) is 48.5 Å². The summed E-state index contributed by atoms with van der Waals surface area (Å²) in [6.07, 6.45) is 0.00159. The molecule has 0 aliphatic carbocycles. The van der Waals surface area contributed by atoms with Gasteiger partial charge < -0.3 is 10.1 Å². The Kier molecular flexibility index (Phi) is 6.16. The van der Waals surface area contributed by atoms with Gasteiger partial charge in [-0.05, 0) is 67.9 Å². The highest BCUT2D eigenvalue weighted by Gasteiger charge is 2.40. The van der Waals surface area contributed by atoms with Crippen molar-refractivity contribution in [2.24, 2.45) is 0 Å². The highest BCUT2D eigenvalue weighted by molar-refractivity contribution is 6.46. The van der Waals surface area contributed by atoms with E-state index < -0.39 is 23.4 Å². The maximum Gasteiger partial charge on any atom is 0.282 e. The second-order valence-electron chi connectivity index (χ2n) is 7.62. The molecule has 4 rings (SSSR count). The molecule has 33 heavy (non-hydrogen) atoms. The molecule has 0 atom stereocenters. The molecule has 5 nitrogen and oxygen atoms in total. The minimum absolute atomic E-state index is 0.00159. The maximum atomic E-state index is 13.8. The summed E-state index contributed by atoms with van der Waals surface area (Å²) in [5.74, 6) is -2.96. The van der Waals surface area contributed by atoms with E-state index in [1.165, 1.54) is 6.07 Å². The van der Waals surface area contributed by atoms with Crippen LogP contribution in [0.25, 0.3) is 5.57 Å². The number of ether oxygens (including phenoxy) is 1. The van der Waals surface area contributed by atoms with Gasteiger partial charge >= 0.3 is 0 Å². The van der Waals surface area contributed by atoms with Gasteiger partial charge in [-0.25, -0.2) is 13.7 Å². The third-order valence-electron chi connectivity index (χ3n) is 4.87.